The Morgan fingerprint density at radius 2 is 1.71 bits per heavy atom. The van der Waals surface area contributed by atoms with Gasteiger partial charge >= 0.3 is 6.09 Å². The van der Waals surface area contributed by atoms with E-state index in [4.69, 9.17) is 16.3 Å². The molecule has 0 heterocycles. The zero-order valence-corrected chi connectivity index (χ0v) is 10.9. The van der Waals surface area contributed by atoms with Gasteiger partial charge in [-0.15, -0.1) is 11.6 Å². The summed E-state index contributed by atoms with van der Waals surface area (Å²) in [7, 11) is 0. The van der Waals surface area contributed by atoms with Gasteiger partial charge in [-0.3, -0.25) is 9.59 Å². The molecule has 17 heavy (non-hydrogen) atoms. The van der Waals surface area contributed by atoms with Crippen LogP contribution in [0, 0.1) is 0 Å². The number of ether oxygens (including phenoxy) is 1. The van der Waals surface area contributed by atoms with E-state index in [-0.39, 0.29) is 24.8 Å². The topological polar surface area (TPSA) is 84.5 Å². The second-order valence-electron chi connectivity index (χ2n) is 4.30. The van der Waals surface area contributed by atoms with Crippen LogP contribution in [-0.4, -0.2) is 42.4 Å². The molecule has 0 radical (unpaired) electrons. The van der Waals surface area contributed by atoms with Gasteiger partial charge in [0.05, 0.1) is 12.4 Å². The highest BCUT2D eigenvalue weighted by Gasteiger charge is 2.16. The van der Waals surface area contributed by atoms with Crippen molar-refractivity contribution in [1.82, 2.24) is 10.6 Å². The number of carbonyl (C=O) groups is 3. The maximum atomic E-state index is 11.2. The summed E-state index contributed by atoms with van der Waals surface area (Å²) >= 11 is 5.25. The molecule has 2 N–H and O–H groups in total. The highest BCUT2D eigenvalue weighted by atomic mass is 35.5. The SMILES string of the molecule is CC(C)(C)OC(=O)NCC(=O)NCC(=O)CCl. The van der Waals surface area contributed by atoms with Crippen LogP contribution in [0.5, 0.6) is 0 Å². The molecule has 0 rings (SSSR count). The van der Waals surface area contributed by atoms with E-state index in [9.17, 15) is 14.4 Å². The molecule has 0 aliphatic carbocycles. The first-order valence-electron chi connectivity index (χ1n) is 5.06. The Labute approximate surface area is 105 Å². The van der Waals surface area contributed by atoms with Gasteiger partial charge in [0.25, 0.3) is 0 Å². The lowest BCUT2D eigenvalue weighted by molar-refractivity contribution is -0.123. The predicted molar refractivity (Wildman–Crippen MR) is 63.0 cm³/mol. The van der Waals surface area contributed by atoms with E-state index >= 15 is 0 Å². The number of amides is 2. The molecule has 2 amide bonds. The van der Waals surface area contributed by atoms with Crippen molar-refractivity contribution in [2.24, 2.45) is 0 Å². The Bertz CT molecular complexity index is 299. The molecule has 0 spiro atoms. The Hall–Kier alpha value is -1.30. The number of alkyl halides is 1. The van der Waals surface area contributed by atoms with Crippen LogP contribution in [0.1, 0.15) is 20.8 Å². The third-order valence-corrected chi connectivity index (χ3v) is 1.72. The number of hydrogen-bond acceptors (Lipinski definition) is 4. The molecule has 0 atom stereocenters. The van der Waals surface area contributed by atoms with E-state index < -0.39 is 17.6 Å². The molecule has 0 aliphatic rings. The lowest BCUT2D eigenvalue weighted by atomic mass is 10.2. The minimum absolute atomic E-state index is 0.141. The van der Waals surface area contributed by atoms with Gasteiger partial charge in [0.2, 0.25) is 5.91 Å². The average Bonchev–Trinajstić information content (AvgIpc) is 2.20. The van der Waals surface area contributed by atoms with E-state index in [1.54, 1.807) is 20.8 Å². The predicted octanol–water partition coefficient (Wildman–Crippen LogP) is 0.435. The molecule has 0 aromatic carbocycles. The first-order valence-corrected chi connectivity index (χ1v) is 5.59. The summed E-state index contributed by atoms with van der Waals surface area (Å²) in [5, 5.41) is 4.57. The van der Waals surface area contributed by atoms with Crippen LogP contribution < -0.4 is 10.6 Å². The number of nitrogens with one attached hydrogen (secondary N) is 2. The number of ketones is 1. The Balaban J connectivity index is 3.77. The number of carbonyl (C=O) groups excluding carboxylic acids is 3. The van der Waals surface area contributed by atoms with Crippen molar-refractivity contribution in [3.63, 3.8) is 0 Å². The van der Waals surface area contributed by atoms with Crippen LogP contribution >= 0.6 is 11.6 Å². The zero-order chi connectivity index (χ0) is 13.5. The first kappa shape index (κ1) is 15.7. The van der Waals surface area contributed by atoms with Crippen molar-refractivity contribution < 1.29 is 19.1 Å². The van der Waals surface area contributed by atoms with Gasteiger partial charge in [-0.1, -0.05) is 0 Å². The molecule has 0 saturated carbocycles. The van der Waals surface area contributed by atoms with Crippen molar-refractivity contribution in [2.45, 2.75) is 26.4 Å². The fraction of sp³-hybridized carbons (Fsp3) is 0.700. The summed E-state index contributed by atoms with van der Waals surface area (Å²) in [4.78, 5) is 33.1. The summed E-state index contributed by atoms with van der Waals surface area (Å²) in [5.74, 6) is -0.925. The summed E-state index contributed by atoms with van der Waals surface area (Å²) in [5.41, 5.74) is -0.616. The van der Waals surface area contributed by atoms with Crippen molar-refractivity contribution in [3.05, 3.63) is 0 Å². The molecule has 0 fully saturated rings. The van der Waals surface area contributed by atoms with Crippen LogP contribution in [0.3, 0.4) is 0 Å². The van der Waals surface area contributed by atoms with E-state index in [1.807, 2.05) is 0 Å². The van der Waals surface area contributed by atoms with Gasteiger partial charge in [0, 0.05) is 0 Å². The van der Waals surface area contributed by atoms with Gasteiger partial charge < -0.3 is 15.4 Å². The molecular weight excluding hydrogens is 248 g/mol. The van der Waals surface area contributed by atoms with Crippen LogP contribution in [0.4, 0.5) is 4.79 Å². The van der Waals surface area contributed by atoms with Crippen LogP contribution in [0.15, 0.2) is 0 Å². The third-order valence-electron chi connectivity index (χ3n) is 1.42. The summed E-state index contributed by atoms with van der Waals surface area (Å²) in [6, 6.07) is 0. The second kappa shape index (κ2) is 7.11. The van der Waals surface area contributed by atoms with Crippen molar-refractivity contribution in [3.8, 4) is 0 Å². The second-order valence-corrected chi connectivity index (χ2v) is 4.57. The fourth-order valence-electron chi connectivity index (χ4n) is 0.774. The van der Waals surface area contributed by atoms with Gasteiger partial charge in [0.15, 0.2) is 5.78 Å². The van der Waals surface area contributed by atoms with Crippen molar-refractivity contribution >= 4 is 29.4 Å². The molecule has 7 heteroatoms. The van der Waals surface area contributed by atoms with Crippen LogP contribution in [0.2, 0.25) is 0 Å². The Kier molecular flexibility index (Phi) is 6.57. The van der Waals surface area contributed by atoms with Gasteiger partial charge in [-0.25, -0.2) is 4.79 Å². The number of alkyl carbamates (subject to hydrolysis) is 1. The molecule has 0 aliphatic heterocycles. The minimum atomic E-state index is -0.684. The first-order chi connectivity index (χ1) is 7.74. The summed E-state index contributed by atoms with van der Waals surface area (Å²) in [6.07, 6.45) is -0.684. The smallest absolute Gasteiger partial charge is 0.408 e. The standard InChI is InChI=1S/C10H17ClN2O4/c1-10(2,3)17-9(16)13-6-8(15)12-5-7(14)4-11/h4-6H2,1-3H3,(H,12,15)(H,13,16). The molecule has 0 aromatic heterocycles. The third kappa shape index (κ3) is 9.62. The number of hydrogen-bond donors (Lipinski definition) is 2. The maximum Gasteiger partial charge on any atom is 0.408 e. The number of halogens is 1. The van der Waals surface area contributed by atoms with Gasteiger partial charge in [-0.05, 0) is 20.8 Å². The molecular formula is C10H17ClN2O4. The molecule has 0 unspecified atom stereocenters. The average molecular weight is 265 g/mol. The van der Waals surface area contributed by atoms with Gasteiger partial charge in [0.1, 0.15) is 12.1 Å². The lowest BCUT2D eigenvalue weighted by Gasteiger charge is -2.19. The Morgan fingerprint density at radius 3 is 2.18 bits per heavy atom. The monoisotopic (exact) mass is 264 g/mol. The normalized spacial score (nSPS) is 10.6. The van der Waals surface area contributed by atoms with E-state index in [0.717, 1.165) is 0 Å². The summed E-state index contributed by atoms with van der Waals surface area (Å²) < 4.78 is 4.92. The highest BCUT2D eigenvalue weighted by Crippen LogP contribution is 2.05. The highest BCUT2D eigenvalue weighted by molar-refractivity contribution is 6.28. The van der Waals surface area contributed by atoms with Crippen molar-refractivity contribution in [1.29, 1.82) is 0 Å². The number of Topliss-reactive ketones (excluding diaryl/α,β-unsaturated/α-hetero) is 1. The van der Waals surface area contributed by atoms with Crippen molar-refractivity contribution in [2.75, 3.05) is 19.0 Å². The molecule has 98 valence electrons. The van der Waals surface area contributed by atoms with Crippen LogP contribution in [0.25, 0.3) is 0 Å². The lowest BCUT2D eigenvalue weighted by Crippen LogP contribution is -2.41. The molecule has 0 saturated heterocycles. The minimum Gasteiger partial charge on any atom is -0.444 e. The Morgan fingerprint density at radius 1 is 1.12 bits per heavy atom. The molecule has 6 nitrogen and oxygen atoms in total. The number of rotatable bonds is 5. The van der Waals surface area contributed by atoms with E-state index in [2.05, 4.69) is 10.6 Å². The van der Waals surface area contributed by atoms with E-state index in [0.29, 0.717) is 0 Å². The van der Waals surface area contributed by atoms with Gasteiger partial charge in [-0.2, -0.15) is 0 Å². The summed E-state index contributed by atoms with van der Waals surface area (Å²) in [6.45, 7) is 4.76. The largest absolute Gasteiger partial charge is 0.444 e. The molecule has 0 bridgehead atoms. The quantitative estimate of drug-likeness (QED) is 0.706. The van der Waals surface area contributed by atoms with E-state index in [1.165, 1.54) is 0 Å². The molecule has 0 aromatic rings. The zero-order valence-electron chi connectivity index (χ0n) is 10.1. The maximum absolute atomic E-state index is 11.2. The van der Waals surface area contributed by atoms with Crippen LogP contribution in [-0.2, 0) is 14.3 Å². The fourth-order valence-corrected chi connectivity index (χ4v) is 0.868.